The van der Waals surface area contributed by atoms with Crippen molar-refractivity contribution in [2.45, 2.75) is 18.9 Å². The largest absolute Gasteiger partial charge is 0.369 e. The summed E-state index contributed by atoms with van der Waals surface area (Å²) in [7, 11) is 1.67. The summed E-state index contributed by atoms with van der Waals surface area (Å²) in [6, 6.07) is 23.8. The molecule has 32 heavy (non-hydrogen) atoms. The molecule has 0 unspecified atom stereocenters. The fourth-order valence-corrected chi connectivity index (χ4v) is 5.09. The Labute approximate surface area is 192 Å². The van der Waals surface area contributed by atoms with Crippen LogP contribution in [-0.4, -0.2) is 23.8 Å². The van der Waals surface area contributed by atoms with E-state index in [9.17, 15) is 10.1 Å². The van der Waals surface area contributed by atoms with Gasteiger partial charge >= 0.3 is 0 Å². The minimum absolute atomic E-state index is 0.0425. The maximum atomic E-state index is 13.2. The number of hydrogen-bond acceptors (Lipinski definition) is 5. The zero-order valence-electron chi connectivity index (χ0n) is 18.0. The predicted molar refractivity (Wildman–Crippen MR) is 130 cm³/mol. The van der Waals surface area contributed by atoms with Crippen molar-refractivity contribution < 1.29 is 4.79 Å². The molecule has 5 nitrogen and oxygen atoms in total. The van der Waals surface area contributed by atoms with Crippen molar-refractivity contribution in [2.24, 2.45) is 16.6 Å². The average molecular weight is 441 g/mol. The van der Waals surface area contributed by atoms with Crippen molar-refractivity contribution in [3.05, 3.63) is 88.8 Å². The number of benzene rings is 2. The fraction of sp³-hybridized carbons (Fsp3) is 0.192. The number of aliphatic imine (C=N–C) groups is 1. The number of nitrogens with two attached hydrogens (primary N) is 1. The number of rotatable bonds is 5. The molecule has 160 valence electrons. The molecule has 0 aliphatic carbocycles. The minimum Gasteiger partial charge on any atom is -0.369 e. The summed E-state index contributed by atoms with van der Waals surface area (Å²) in [5.74, 6) is -0.196. The van der Waals surface area contributed by atoms with E-state index in [-0.39, 0.29) is 17.8 Å². The van der Waals surface area contributed by atoms with E-state index in [2.05, 4.69) is 6.07 Å². The second kappa shape index (κ2) is 8.81. The third kappa shape index (κ3) is 4.08. The Hall–Kier alpha value is -3.69. The topological polar surface area (TPSA) is 82.5 Å². The number of guanidine groups is 1. The standard InChI is InChI=1S/C26H24N4OS/c1-26(23-15-14-22(32-23)20-12-6-11-19(16-20)17-27)21(24(31)30(2)25(28)29-26)13-7-10-18-8-4-3-5-9-18/h3-12,14-16,21H,13H2,1-2H3,(H2,28,29)/t21-,26+/m1/s1. The molecular weight excluding hydrogens is 416 g/mol. The van der Waals surface area contributed by atoms with Gasteiger partial charge in [-0.1, -0.05) is 54.6 Å². The molecule has 2 heterocycles. The number of nitriles is 1. The summed E-state index contributed by atoms with van der Waals surface area (Å²) >= 11 is 1.58. The summed E-state index contributed by atoms with van der Waals surface area (Å²) in [6.07, 6.45) is 4.61. The van der Waals surface area contributed by atoms with Crippen LogP contribution < -0.4 is 5.73 Å². The van der Waals surface area contributed by atoms with Crippen LogP contribution in [0.25, 0.3) is 16.5 Å². The molecule has 1 aliphatic heterocycles. The number of carbonyl (C=O) groups is 1. The van der Waals surface area contributed by atoms with Crippen LogP contribution in [0, 0.1) is 17.2 Å². The lowest BCUT2D eigenvalue weighted by Gasteiger charge is -2.39. The Morgan fingerprint density at radius 2 is 1.97 bits per heavy atom. The van der Waals surface area contributed by atoms with Gasteiger partial charge in [-0.25, -0.2) is 4.99 Å². The second-order valence-electron chi connectivity index (χ2n) is 7.97. The highest BCUT2D eigenvalue weighted by molar-refractivity contribution is 7.15. The average Bonchev–Trinajstić information content (AvgIpc) is 3.32. The van der Waals surface area contributed by atoms with E-state index in [0.29, 0.717) is 12.0 Å². The van der Waals surface area contributed by atoms with Crippen LogP contribution in [0.4, 0.5) is 0 Å². The maximum Gasteiger partial charge on any atom is 0.235 e. The molecule has 1 aliphatic rings. The van der Waals surface area contributed by atoms with Gasteiger partial charge in [0.25, 0.3) is 0 Å². The number of hydrogen-bond donors (Lipinski definition) is 1. The van der Waals surface area contributed by atoms with Crippen LogP contribution in [0.5, 0.6) is 0 Å². The second-order valence-corrected chi connectivity index (χ2v) is 9.06. The number of allylic oxidation sites excluding steroid dienone is 1. The maximum absolute atomic E-state index is 13.2. The van der Waals surface area contributed by atoms with Crippen molar-refractivity contribution in [3.8, 4) is 16.5 Å². The Bertz CT molecular complexity index is 1240. The molecular formula is C26H24N4OS. The van der Waals surface area contributed by atoms with E-state index in [1.807, 2.05) is 79.7 Å². The fourth-order valence-electron chi connectivity index (χ4n) is 3.95. The number of amides is 1. The van der Waals surface area contributed by atoms with Crippen LogP contribution >= 0.6 is 11.3 Å². The van der Waals surface area contributed by atoms with E-state index in [0.717, 1.165) is 20.9 Å². The number of thiophene rings is 1. The zero-order valence-corrected chi connectivity index (χ0v) is 18.8. The van der Waals surface area contributed by atoms with Crippen LogP contribution in [0.3, 0.4) is 0 Å². The molecule has 2 N–H and O–H groups in total. The molecule has 0 saturated heterocycles. The zero-order chi connectivity index (χ0) is 22.7. The van der Waals surface area contributed by atoms with Crippen LogP contribution in [0.1, 0.15) is 29.3 Å². The molecule has 3 aromatic rings. The normalized spacial score (nSPS) is 20.9. The van der Waals surface area contributed by atoms with Gasteiger partial charge < -0.3 is 5.73 Å². The number of nitrogens with zero attached hydrogens (tertiary/aromatic N) is 3. The lowest BCUT2D eigenvalue weighted by Crippen LogP contribution is -2.53. The van der Waals surface area contributed by atoms with Crippen molar-refractivity contribution in [1.29, 1.82) is 5.26 Å². The summed E-state index contributed by atoms with van der Waals surface area (Å²) in [4.78, 5) is 21.4. The lowest BCUT2D eigenvalue weighted by molar-refractivity contribution is -0.133. The van der Waals surface area contributed by atoms with Gasteiger partial charge in [0.2, 0.25) is 5.91 Å². The van der Waals surface area contributed by atoms with E-state index in [4.69, 9.17) is 10.7 Å². The van der Waals surface area contributed by atoms with Gasteiger partial charge in [-0.3, -0.25) is 9.69 Å². The first-order chi connectivity index (χ1) is 15.4. The highest BCUT2D eigenvalue weighted by Gasteiger charge is 2.46. The molecule has 0 fully saturated rings. The third-order valence-electron chi connectivity index (χ3n) is 5.86. The van der Waals surface area contributed by atoms with E-state index >= 15 is 0 Å². The molecule has 4 rings (SSSR count). The Balaban J connectivity index is 1.69. The van der Waals surface area contributed by atoms with Gasteiger partial charge in [-0.2, -0.15) is 5.26 Å². The number of carbonyl (C=O) groups excluding carboxylic acids is 1. The molecule has 0 spiro atoms. The first kappa shape index (κ1) is 21.5. The van der Waals surface area contributed by atoms with Gasteiger partial charge in [0.05, 0.1) is 17.6 Å². The van der Waals surface area contributed by atoms with Gasteiger partial charge in [0, 0.05) is 16.8 Å². The Morgan fingerprint density at radius 1 is 1.19 bits per heavy atom. The van der Waals surface area contributed by atoms with Crippen LogP contribution in [0.2, 0.25) is 0 Å². The Kier molecular flexibility index (Phi) is 5.93. The smallest absolute Gasteiger partial charge is 0.235 e. The van der Waals surface area contributed by atoms with E-state index in [1.54, 1.807) is 24.5 Å². The lowest BCUT2D eigenvalue weighted by atomic mass is 9.80. The molecule has 0 radical (unpaired) electrons. The Morgan fingerprint density at radius 3 is 2.72 bits per heavy atom. The molecule has 0 saturated carbocycles. The SMILES string of the molecule is CN1C(=O)[C@@H](CC=Cc2ccccc2)[C@@](C)(c2ccc(-c3cccc(C#N)c3)s2)N=C1N. The van der Waals surface area contributed by atoms with Crippen LogP contribution in [0.15, 0.2) is 77.8 Å². The van der Waals surface area contributed by atoms with Crippen molar-refractivity contribution >= 4 is 29.3 Å². The van der Waals surface area contributed by atoms with Gasteiger partial charge in [0.15, 0.2) is 5.96 Å². The highest BCUT2D eigenvalue weighted by atomic mass is 32.1. The summed E-state index contributed by atoms with van der Waals surface area (Å²) in [5.41, 5.74) is 8.03. The van der Waals surface area contributed by atoms with E-state index < -0.39 is 5.54 Å². The molecule has 1 amide bonds. The first-order valence-corrected chi connectivity index (χ1v) is 11.2. The highest BCUT2D eigenvalue weighted by Crippen LogP contribution is 2.44. The quantitative estimate of drug-likeness (QED) is 0.605. The predicted octanol–water partition coefficient (Wildman–Crippen LogP) is 5.01. The molecule has 2 atom stereocenters. The van der Waals surface area contributed by atoms with Crippen molar-refractivity contribution in [3.63, 3.8) is 0 Å². The third-order valence-corrected chi connectivity index (χ3v) is 7.22. The summed E-state index contributed by atoms with van der Waals surface area (Å²) in [5, 5.41) is 9.21. The summed E-state index contributed by atoms with van der Waals surface area (Å²) in [6.45, 7) is 1.98. The first-order valence-electron chi connectivity index (χ1n) is 10.4. The van der Waals surface area contributed by atoms with Crippen molar-refractivity contribution in [2.75, 3.05) is 7.05 Å². The van der Waals surface area contributed by atoms with Gasteiger partial charge in [-0.05, 0) is 48.7 Å². The molecule has 1 aromatic heterocycles. The molecule has 0 bridgehead atoms. The van der Waals surface area contributed by atoms with E-state index in [1.165, 1.54) is 4.90 Å². The molecule has 2 aromatic carbocycles. The van der Waals surface area contributed by atoms with Crippen LogP contribution in [-0.2, 0) is 10.3 Å². The van der Waals surface area contributed by atoms with Gasteiger partial charge in [-0.15, -0.1) is 11.3 Å². The molecule has 6 heteroatoms. The van der Waals surface area contributed by atoms with Crippen molar-refractivity contribution in [1.82, 2.24) is 4.90 Å². The minimum atomic E-state index is -0.773. The van der Waals surface area contributed by atoms with Gasteiger partial charge in [0.1, 0.15) is 5.54 Å². The monoisotopic (exact) mass is 440 g/mol. The summed E-state index contributed by atoms with van der Waals surface area (Å²) < 4.78 is 0.